The van der Waals surface area contributed by atoms with Crippen molar-refractivity contribution in [3.8, 4) is 0 Å². The molecule has 1 aliphatic rings. The molecule has 0 aliphatic carbocycles. The van der Waals surface area contributed by atoms with E-state index >= 15 is 0 Å². The van der Waals surface area contributed by atoms with Gasteiger partial charge in [0.2, 0.25) is 0 Å². The van der Waals surface area contributed by atoms with E-state index in [9.17, 15) is 5.11 Å². The molecule has 17 heavy (non-hydrogen) atoms. The van der Waals surface area contributed by atoms with Crippen molar-refractivity contribution in [2.75, 3.05) is 32.8 Å². The van der Waals surface area contributed by atoms with E-state index in [1.54, 1.807) is 0 Å². The van der Waals surface area contributed by atoms with Gasteiger partial charge in [-0.15, -0.1) is 0 Å². The molecule has 1 heterocycles. The molecule has 2 N–H and O–H groups in total. The van der Waals surface area contributed by atoms with Crippen LogP contribution in [0, 0.1) is 0 Å². The molecule has 0 aromatic heterocycles. The minimum atomic E-state index is -0.0119. The molecule has 1 fully saturated rings. The molecule has 1 aliphatic heterocycles. The first-order valence-electron chi connectivity index (χ1n) is 5.73. The van der Waals surface area contributed by atoms with Crippen molar-refractivity contribution >= 4 is 27.5 Å². The van der Waals surface area contributed by atoms with Gasteiger partial charge < -0.3 is 10.4 Å². The van der Waals surface area contributed by atoms with Crippen LogP contribution < -0.4 is 5.32 Å². The summed E-state index contributed by atoms with van der Waals surface area (Å²) in [5.74, 6) is 0. The van der Waals surface area contributed by atoms with Crippen molar-refractivity contribution in [3.05, 3.63) is 33.3 Å². The second-order valence-corrected chi connectivity index (χ2v) is 5.47. The highest BCUT2D eigenvalue weighted by Gasteiger charge is 2.23. The Kier molecular flexibility index (Phi) is 4.82. The van der Waals surface area contributed by atoms with Crippen molar-refractivity contribution in [2.24, 2.45) is 0 Å². The maximum Gasteiger partial charge on any atom is 0.0629 e. The lowest BCUT2D eigenvalue weighted by molar-refractivity contribution is 0.111. The lowest BCUT2D eigenvalue weighted by atomic mass is 10.1. The van der Waals surface area contributed by atoms with E-state index in [2.05, 4.69) is 26.1 Å². The number of nitrogens with one attached hydrogen (secondary N) is 1. The molecule has 2 rings (SSSR count). The number of aliphatic hydroxyl groups is 1. The molecule has 0 spiro atoms. The SMILES string of the molecule is OC[C@H](c1cc(Br)ccc1Cl)N1CCNCC1. The zero-order valence-electron chi connectivity index (χ0n) is 9.50. The molecule has 0 bridgehead atoms. The topological polar surface area (TPSA) is 35.5 Å². The van der Waals surface area contributed by atoms with E-state index in [0.29, 0.717) is 5.02 Å². The van der Waals surface area contributed by atoms with Crippen molar-refractivity contribution in [2.45, 2.75) is 6.04 Å². The molecular formula is C12H16BrClN2O. The fraction of sp³-hybridized carbons (Fsp3) is 0.500. The highest BCUT2D eigenvalue weighted by molar-refractivity contribution is 9.10. The Morgan fingerprint density at radius 1 is 1.41 bits per heavy atom. The molecule has 0 amide bonds. The van der Waals surface area contributed by atoms with Crippen LogP contribution in [0.1, 0.15) is 11.6 Å². The summed E-state index contributed by atoms with van der Waals surface area (Å²) in [5.41, 5.74) is 0.991. The minimum Gasteiger partial charge on any atom is -0.394 e. The molecule has 0 unspecified atom stereocenters. The Hall–Kier alpha value is -0.130. The highest BCUT2D eigenvalue weighted by Crippen LogP contribution is 2.30. The summed E-state index contributed by atoms with van der Waals surface area (Å²) in [6, 6.07) is 5.76. The van der Waals surface area contributed by atoms with E-state index < -0.39 is 0 Å². The fourth-order valence-electron chi connectivity index (χ4n) is 2.17. The maximum absolute atomic E-state index is 9.61. The number of piperazine rings is 1. The van der Waals surface area contributed by atoms with Gasteiger partial charge in [0.1, 0.15) is 0 Å². The van der Waals surface area contributed by atoms with Crippen LogP contribution in [0.25, 0.3) is 0 Å². The quantitative estimate of drug-likeness (QED) is 0.895. The molecule has 3 nitrogen and oxygen atoms in total. The predicted octanol–water partition coefficient (Wildman–Crippen LogP) is 2.04. The average molecular weight is 320 g/mol. The molecule has 1 atom stereocenters. The Balaban J connectivity index is 2.24. The van der Waals surface area contributed by atoms with Crippen LogP contribution in [-0.4, -0.2) is 42.8 Å². The summed E-state index contributed by atoms with van der Waals surface area (Å²) in [6.45, 7) is 3.89. The summed E-state index contributed by atoms with van der Waals surface area (Å²) < 4.78 is 0.991. The number of hydrogen-bond acceptors (Lipinski definition) is 3. The number of hydrogen-bond donors (Lipinski definition) is 2. The Morgan fingerprint density at radius 3 is 2.76 bits per heavy atom. The van der Waals surface area contributed by atoms with Gasteiger partial charge in [0, 0.05) is 35.7 Å². The second kappa shape index (κ2) is 6.16. The summed E-state index contributed by atoms with van der Waals surface area (Å²) in [5, 5.41) is 13.6. The van der Waals surface area contributed by atoms with Crippen molar-refractivity contribution in [3.63, 3.8) is 0 Å². The predicted molar refractivity (Wildman–Crippen MR) is 73.4 cm³/mol. The van der Waals surface area contributed by atoms with Crippen molar-refractivity contribution < 1.29 is 5.11 Å². The standard InChI is InChI=1S/C12H16BrClN2O/c13-9-1-2-11(14)10(7-9)12(8-17)16-5-3-15-4-6-16/h1-2,7,12,15,17H,3-6,8H2/t12-/m1/s1. The molecule has 1 saturated heterocycles. The van der Waals surface area contributed by atoms with Crippen LogP contribution >= 0.6 is 27.5 Å². The zero-order valence-corrected chi connectivity index (χ0v) is 11.8. The molecule has 0 radical (unpaired) electrons. The molecule has 94 valence electrons. The van der Waals surface area contributed by atoms with E-state index in [1.807, 2.05) is 18.2 Å². The average Bonchev–Trinajstić information content (AvgIpc) is 2.36. The first kappa shape index (κ1) is 13.3. The zero-order chi connectivity index (χ0) is 12.3. The molecule has 0 saturated carbocycles. The van der Waals surface area contributed by atoms with Crippen molar-refractivity contribution in [1.29, 1.82) is 0 Å². The van der Waals surface area contributed by atoms with E-state index in [0.717, 1.165) is 36.2 Å². The largest absolute Gasteiger partial charge is 0.394 e. The summed E-state index contributed by atoms with van der Waals surface area (Å²) >= 11 is 9.66. The maximum atomic E-state index is 9.61. The molecule has 5 heteroatoms. The van der Waals surface area contributed by atoms with Gasteiger partial charge in [0.05, 0.1) is 12.6 Å². The van der Waals surface area contributed by atoms with E-state index in [4.69, 9.17) is 11.6 Å². The van der Waals surface area contributed by atoms with Crippen LogP contribution in [-0.2, 0) is 0 Å². The Labute approximate surface area is 115 Å². The third-order valence-corrected chi connectivity index (χ3v) is 3.92. The van der Waals surface area contributed by atoms with Gasteiger partial charge in [-0.25, -0.2) is 0 Å². The first-order valence-corrected chi connectivity index (χ1v) is 6.90. The highest BCUT2D eigenvalue weighted by atomic mass is 79.9. The minimum absolute atomic E-state index is 0.0119. The Bertz CT molecular complexity index is 383. The first-order chi connectivity index (χ1) is 8.22. The third kappa shape index (κ3) is 3.20. The lowest BCUT2D eigenvalue weighted by Crippen LogP contribution is -2.46. The molecular weight excluding hydrogens is 304 g/mol. The number of benzene rings is 1. The van der Waals surface area contributed by atoms with Gasteiger partial charge in [-0.05, 0) is 23.8 Å². The number of halogens is 2. The fourth-order valence-corrected chi connectivity index (χ4v) is 2.80. The van der Waals surface area contributed by atoms with Crippen LogP contribution in [0.2, 0.25) is 5.02 Å². The van der Waals surface area contributed by atoms with Gasteiger partial charge in [-0.3, -0.25) is 4.90 Å². The Morgan fingerprint density at radius 2 is 2.12 bits per heavy atom. The second-order valence-electron chi connectivity index (χ2n) is 4.15. The summed E-state index contributed by atoms with van der Waals surface area (Å²) in [6.07, 6.45) is 0. The van der Waals surface area contributed by atoms with Gasteiger partial charge >= 0.3 is 0 Å². The molecule has 1 aromatic rings. The normalized spacial score (nSPS) is 19.2. The lowest BCUT2D eigenvalue weighted by Gasteiger charge is -2.34. The van der Waals surface area contributed by atoms with Crippen LogP contribution in [0.3, 0.4) is 0 Å². The number of aliphatic hydroxyl groups excluding tert-OH is 1. The van der Waals surface area contributed by atoms with Crippen LogP contribution in [0.15, 0.2) is 22.7 Å². The van der Waals surface area contributed by atoms with E-state index in [1.165, 1.54) is 0 Å². The van der Waals surface area contributed by atoms with Crippen LogP contribution in [0.4, 0.5) is 0 Å². The number of nitrogens with zero attached hydrogens (tertiary/aromatic N) is 1. The summed E-state index contributed by atoms with van der Waals surface area (Å²) in [7, 11) is 0. The van der Waals surface area contributed by atoms with Gasteiger partial charge in [0.15, 0.2) is 0 Å². The molecule has 1 aromatic carbocycles. The number of rotatable bonds is 3. The smallest absolute Gasteiger partial charge is 0.0629 e. The van der Waals surface area contributed by atoms with E-state index in [-0.39, 0.29) is 12.6 Å². The van der Waals surface area contributed by atoms with Gasteiger partial charge in [-0.1, -0.05) is 27.5 Å². The third-order valence-electron chi connectivity index (χ3n) is 3.08. The van der Waals surface area contributed by atoms with Crippen molar-refractivity contribution in [1.82, 2.24) is 10.2 Å². The summed E-state index contributed by atoms with van der Waals surface area (Å²) in [4.78, 5) is 2.27. The monoisotopic (exact) mass is 318 g/mol. The van der Waals surface area contributed by atoms with Crippen LogP contribution in [0.5, 0.6) is 0 Å². The van der Waals surface area contributed by atoms with Gasteiger partial charge in [0.25, 0.3) is 0 Å². The van der Waals surface area contributed by atoms with Gasteiger partial charge in [-0.2, -0.15) is 0 Å².